The Bertz CT molecular complexity index is 665. The molecular weight excluding hydrogens is 256 g/mol. The van der Waals surface area contributed by atoms with Gasteiger partial charge in [-0.1, -0.05) is 0 Å². The van der Waals surface area contributed by atoms with Gasteiger partial charge in [0, 0.05) is 18.9 Å². The molecule has 1 aliphatic rings. The molecule has 0 aromatic carbocycles. The molecule has 0 aliphatic heterocycles. The van der Waals surface area contributed by atoms with Crippen LogP contribution in [-0.4, -0.2) is 25.3 Å². The number of fused-ring (bicyclic) bond motifs is 1. The predicted octanol–water partition coefficient (Wildman–Crippen LogP) is 1.46. The number of halogens is 1. The van der Waals surface area contributed by atoms with Gasteiger partial charge in [-0.25, -0.2) is 9.78 Å². The number of carbonyl (C=O) groups excluding carboxylic acids is 1. The normalized spacial score (nSPS) is 17.5. The maximum absolute atomic E-state index is 11.9. The number of Topliss-reactive ketones (excluding diaryl/α,β-unsaturated/α-hetero) is 1. The molecule has 0 unspecified atom stereocenters. The molecule has 6 nitrogen and oxygen atoms in total. The van der Waals surface area contributed by atoms with E-state index in [-0.39, 0.29) is 22.8 Å². The van der Waals surface area contributed by atoms with Crippen LogP contribution >= 0.6 is 11.6 Å². The van der Waals surface area contributed by atoms with E-state index < -0.39 is 0 Å². The summed E-state index contributed by atoms with van der Waals surface area (Å²) in [5.41, 5.74) is 0.863. The minimum Gasteiger partial charge on any atom is -0.303 e. The van der Waals surface area contributed by atoms with Gasteiger partial charge in [0.2, 0.25) is 5.28 Å². The minimum atomic E-state index is -0.221. The van der Waals surface area contributed by atoms with Crippen LogP contribution in [0.4, 0.5) is 0 Å². The molecule has 2 aromatic heterocycles. The molecule has 18 heavy (non-hydrogen) atoms. The number of nitrogens with one attached hydrogen (secondary N) is 1. The Morgan fingerprint density at radius 1 is 1.33 bits per heavy atom. The van der Waals surface area contributed by atoms with Crippen LogP contribution < -0.4 is 5.69 Å². The van der Waals surface area contributed by atoms with Gasteiger partial charge in [0.25, 0.3) is 0 Å². The number of imidazole rings is 1. The van der Waals surface area contributed by atoms with Crippen molar-refractivity contribution < 1.29 is 4.79 Å². The lowest BCUT2D eigenvalue weighted by Crippen LogP contribution is -2.26. The Hall–Kier alpha value is -1.69. The molecule has 3 rings (SSSR count). The molecule has 0 bridgehead atoms. The van der Waals surface area contributed by atoms with Crippen LogP contribution in [0.2, 0.25) is 5.28 Å². The Labute approximate surface area is 107 Å². The third kappa shape index (κ3) is 1.82. The lowest BCUT2D eigenvalue weighted by molar-refractivity contribution is -0.120. The van der Waals surface area contributed by atoms with Crippen LogP contribution in [0.25, 0.3) is 11.2 Å². The molecule has 7 heteroatoms. The summed E-state index contributed by atoms with van der Waals surface area (Å²) in [6.07, 6.45) is 3.88. The third-order valence-electron chi connectivity index (χ3n) is 3.31. The van der Waals surface area contributed by atoms with E-state index in [1.807, 2.05) is 0 Å². The van der Waals surface area contributed by atoms with Gasteiger partial charge in [0.05, 0.1) is 6.20 Å². The van der Waals surface area contributed by atoms with Crippen LogP contribution in [0.5, 0.6) is 0 Å². The average Bonchev–Trinajstić information content (AvgIpc) is 2.66. The lowest BCUT2D eigenvalue weighted by Gasteiger charge is -2.21. The molecule has 0 radical (unpaired) electrons. The smallest absolute Gasteiger partial charge is 0.303 e. The Morgan fingerprint density at radius 2 is 2.06 bits per heavy atom. The zero-order chi connectivity index (χ0) is 12.7. The van der Waals surface area contributed by atoms with Crippen LogP contribution in [0.1, 0.15) is 31.7 Å². The second-order valence-corrected chi connectivity index (χ2v) is 4.78. The second kappa shape index (κ2) is 4.20. The topological polar surface area (TPSA) is 80.6 Å². The average molecular weight is 267 g/mol. The quantitative estimate of drug-likeness (QED) is 0.793. The number of hydrogen-bond donors (Lipinski definition) is 1. The summed E-state index contributed by atoms with van der Waals surface area (Å²) in [4.78, 5) is 33.8. The van der Waals surface area contributed by atoms with Gasteiger partial charge in [-0.3, -0.25) is 9.36 Å². The lowest BCUT2D eigenvalue weighted by atomic mass is 9.94. The Kier molecular flexibility index (Phi) is 2.66. The number of carbonyl (C=O) groups is 1. The molecule has 1 N–H and O–H groups in total. The molecule has 94 valence electrons. The van der Waals surface area contributed by atoms with E-state index in [9.17, 15) is 9.59 Å². The number of H-pyrrole nitrogens is 1. The number of aromatic nitrogens is 4. The van der Waals surface area contributed by atoms with Crippen molar-refractivity contribution in [2.75, 3.05) is 0 Å². The van der Waals surface area contributed by atoms with E-state index in [0.29, 0.717) is 36.8 Å². The molecule has 0 atom stereocenters. The summed E-state index contributed by atoms with van der Waals surface area (Å²) < 4.78 is 1.59. The van der Waals surface area contributed by atoms with Crippen molar-refractivity contribution in [3.8, 4) is 0 Å². The highest BCUT2D eigenvalue weighted by molar-refractivity contribution is 6.28. The second-order valence-electron chi connectivity index (χ2n) is 4.45. The highest BCUT2D eigenvalue weighted by Crippen LogP contribution is 2.27. The van der Waals surface area contributed by atoms with Crippen molar-refractivity contribution in [1.29, 1.82) is 0 Å². The van der Waals surface area contributed by atoms with Gasteiger partial charge in [-0.15, -0.1) is 0 Å². The van der Waals surface area contributed by atoms with E-state index in [1.165, 1.54) is 6.20 Å². The highest BCUT2D eigenvalue weighted by atomic mass is 35.5. The number of nitrogens with zero attached hydrogens (tertiary/aromatic N) is 3. The van der Waals surface area contributed by atoms with Crippen LogP contribution in [0, 0.1) is 0 Å². The zero-order valence-corrected chi connectivity index (χ0v) is 10.3. The van der Waals surface area contributed by atoms with Gasteiger partial charge >= 0.3 is 5.69 Å². The first-order valence-electron chi connectivity index (χ1n) is 5.79. The van der Waals surface area contributed by atoms with Gasteiger partial charge in [0.15, 0.2) is 5.65 Å². The maximum atomic E-state index is 11.9. The van der Waals surface area contributed by atoms with Gasteiger partial charge in [-0.05, 0) is 24.4 Å². The molecule has 2 heterocycles. The number of rotatable bonds is 1. The number of aromatic amines is 1. The summed E-state index contributed by atoms with van der Waals surface area (Å²) in [7, 11) is 0. The first-order valence-corrected chi connectivity index (χ1v) is 6.17. The first-order chi connectivity index (χ1) is 8.65. The minimum absolute atomic E-state index is 0.00918. The number of hydrogen-bond acceptors (Lipinski definition) is 4. The predicted molar refractivity (Wildman–Crippen MR) is 65.7 cm³/mol. The van der Waals surface area contributed by atoms with E-state index in [1.54, 1.807) is 4.57 Å². The Balaban J connectivity index is 2.10. The SMILES string of the molecule is O=C1CCC(n2c(=O)[nH]c3cnc(Cl)nc32)CC1. The van der Waals surface area contributed by atoms with Gasteiger partial charge in [-0.2, -0.15) is 4.98 Å². The zero-order valence-electron chi connectivity index (χ0n) is 9.52. The third-order valence-corrected chi connectivity index (χ3v) is 3.49. The molecule has 1 fully saturated rings. The summed E-state index contributed by atoms with van der Waals surface area (Å²) in [5, 5.41) is 0.113. The van der Waals surface area contributed by atoms with Crippen molar-refractivity contribution in [3.63, 3.8) is 0 Å². The fourth-order valence-electron chi connectivity index (χ4n) is 2.42. The molecular formula is C11H11ClN4O2. The summed E-state index contributed by atoms with van der Waals surface area (Å²) >= 11 is 5.76. The van der Waals surface area contributed by atoms with Crippen molar-refractivity contribution in [1.82, 2.24) is 19.5 Å². The molecule has 1 saturated carbocycles. The monoisotopic (exact) mass is 266 g/mol. The van der Waals surface area contributed by atoms with Crippen LogP contribution in [0.3, 0.4) is 0 Å². The fraction of sp³-hybridized carbons (Fsp3) is 0.455. The summed E-state index contributed by atoms with van der Waals surface area (Å²) in [6, 6.07) is 0.00918. The van der Waals surface area contributed by atoms with E-state index in [2.05, 4.69) is 15.0 Å². The molecule has 0 spiro atoms. The van der Waals surface area contributed by atoms with Crippen molar-refractivity contribution in [2.24, 2.45) is 0 Å². The van der Waals surface area contributed by atoms with Gasteiger partial charge < -0.3 is 4.98 Å². The van der Waals surface area contributed by atoms with Gasteiger partial charge in [0.1, 0.15) is 11.3 Å². The molecule has 0 saturated heterocycles. The van der Waals surface area contributed by atoms with Crippen molar-refractivity contribution in [3.05, 3.63) is 22.0 Å². The van der Waals surface area contributed by atoms with E-state index in [0.717, 1.165) is 0 Å². The van der Waals surface area contributed by atoms with Crippen molar-refractivity contribution in [2.45, 2.75) is 31.7 Å². The van der Waals surface area contributed by atoms with Crippen LogP contribution in [0.15, 0.2) is 11.0 Å². The summed E-state index contributed by atoms with van der Waals surface area (Å²) in [5.74, 6) is 0.256. The standard InChI is InChI=1S/C11H11ClN4O2/c12-10-13-5-8-9(15-10)16(11(18)14-8)6-1-3-7(17)4-2-6/h5-6H,1-4H2,(H,14,18). The summed E-state index contributed by atoms with van der Waals surface area (Å²) in [6.45, 7) is 0. The Morgan fingerprint density at radius 3 is 2.78 bits per heavy atom. The fourth-order valence-corrected chi connectivity index (χ4v) is 2.55. The van der Waals surface area contributed by atoms with E-state index >= 15 is 0 Å². The van der Waals surface area contributed by atoms with Crippen LogP contribution in [-0.2, 0) is 4.79 Å². The number of ketones is 1. The molecule has 2 aromatic rings. The maximum Gasteiger partial charge on any atom is 0.327 e. The van der Waals surface area contributed by atoms with E-state index in [4.69, 9.17) is 11.6 Å². The highest BCUT2D eigenvalue weighted by Gasteiger charge is 2.24. The molecule has 1 aliphatic carbocycles. The molecule has 0 amide bonds. The first kappa shape index (κ1) is 11.4. The van der Waals surface area contributed by atoms with Crippen molar-refractivity contribution >= 4 is 28.5 Å². The largest absolute Gasteiger partial charge is 0.327 e.